The summed E-state index contributed by atoms with van der Waals surface area (Å²) < 4.78 is 44.5. The molecule has 4 heterocycles. The normalized spacial score (nSPS) is 11.8. The van der Waals surface area contributed by atoms with E-state index in [0.29, 0.717) is 23.0 Å². The van der Waals surface area contributed by atoms with Crippen molar-refractivity contribution in [3.63, 3.8) is 0 Å². The standard InChI is InChI=1S/C20H12F3N9O2/c21-20(22,23)13-3-15(7-25-6-13)29-19(33)30-18-10-32(31-34-18)9-14-2-1-12(5-27-14)16-8-26-11-28-17(16)4-24/h1-3,5-8,10-11H,9H2,(H-,29,30,31,33). The molecule has 0 saturated heterocycles. The van der Waals surface area contributed by atoms with Gasteiger partial charge < -0.3 is 10.4 Å². The maximum absolute atomic E-state index is 12.8. The van der Waals surface area contributed by atoms with Gasteiger partial charge in [-0.1, -0.05) is 6.07 Å². The largest absolute Gasteiger partial charge is 0.846 e. The fraction of sp³-hybridized carbons (Fsp3) is 0.100. The molecule has 11 nitrogen and oxygen atoms in total. The van der Waals surface area contributed by atoms with Crippen LogP contribution in [0.2, 0.25) is 0 Å². The van der Waals surface area contributed by atoms with Gasteiger partial charge in [0.2, 0.25) is 11.8 Å². The first-order chi connectivity index (χ1) is 16.3. The second kappa shape index (κ2) is 9.28. The minimum Gasteiger partial charge on any atom is -0.846 e. The van der Waals surface area contributed by atoms with Gasteiger partial charge in [0.15, 0.2) is 5.69 Å². The number of amidine groups is 1. The highest BCUT2D eigenvalue weighted by atomic mass is 19.4. The van der Waals surface area contributed by atoms with Crippen molar-refractivity contribution in [3.8, 4) is 17.2 Å². The van der Waals surface area contributed by atoms with Crippen molar-refractivity contribution in [2.45, 2.75) is 12.7 Å². The zero-order valence-electron chi connectivity index (χ0n) is 16.9. The third-order valence-electron chi connectivity index (χ3n) is 4.31. The van der Waals surface area contributed by atoms with Crippen LogP contribution in [0.3, 0.4) is 0 Å². The molecule has 0 aliphatic carbocycles. The highest BCUT2D eigenvalue weighted by molar-refractivity contribution is 5.86. The van der Waals surface area contributed by atoms with Crippen molar-refractivity contribution in [3.05, 3.63) is 72.5 Å². The number of halogens is 3. The van der Waals surface area contributed by atoms with E-state index in [1.165, 1.54) is 23.4 Å². The average Bonchev–Trinajstić information content (AvgIpc) is 3.25. The molecule has 0 aromatic carbocycles. The summed E-state index contributed by atoms with van der Waals surface area (Å²) in [5.74, 6) is -0.172. The Morgan fingerprint density at radius 2 is 2.03 bits per heavy atom. The molecule has 4 rings (SSSR count). The molecule has 0 bridgehead atoms. The minimum atomic E-state index is -4.60. The lowest BCUT2D eigenvalue weighted by molar-refractivity contribution is -0.755. The van der Waals surface area contributed by atoms with E-state index >= 15 is 0 Å². The van der Waals surface area contributed by atoms with Crippen molar-refractivity contribution in [1.29, 1.82) is 5.26 Å². The van der Waals surface area contributed by atoms with Gasteiger partial charge in [0.1, 0.15) is 18.1 Å². The average molecular weight is 467 g/mol. The maximum atomic E-state index is 12.8. The number of aromatic nitrogens is 6. The molecular formula is C20H12F3N9O2. The molecule has 0 spiro atoms. The van der Waals surface area contributed by atoms with E-state index in [4.69, 9.17) is 9.78 Å². The summed E-state index contributed by atoms with van der Waals surface area (Å²) in [6.45, 7) is 0.175. The SMILES string of the molecule is N#Cc1ncncc1-c1ccc(C[n+]2cc(/N=C(\[O-])Nc3cncc(C(F)(F)F)c3)on2)nc1. The van der Waals surface area contributed by atoms with Crippen molar-refractivity contribution in [2.75, 3.05) is 5.32 Å². The molecule has 0 fully saturated rings. The van der Waals surface area contributed by atoms with Crippen LogP contribution in [0.15, 0.2) is 65.0 Å². The zero-order valence-corrected chi connectivity index (χ0v) is 16.9. The van der Waals surface area contributed by atoms with Crippen LogP contribution in [0, 0.1) is 11.3 Å². The maximum Gasteiger partial charge on any atom is 0.417 e. The number of nitriles is 1. The van der Waals surface area contributed by atoms with Crippen LogP contribution in [0.1, 0.15) is 17.0 Å². The van der Waals surface area contributed by atoms with Crippen LogP contribution >= 0.6 is 0 Å². The van der Waals surface area contributed by atoms with Gasteiger partial charge in [-0.15, -0.1) is 0 Å². The quantitative estimate of drug-likeness (QED) is 0.262. The lowest BCUT2D eigenvalue weighted by Gasteiger charge is -2.13. The molecule has 0 aliphatic heterocycles. The number of pyridine rings is 2. The first-order valence-corrected chi connectivity index (χ1v) is 9.38. The predicted octanol–water partition coefficient (Wildman–Crippen LogP) is 1.61. The third kappa shape index (κ3) is 5.27. The van der Waals surface area contributed by atoms with E-state index in [2.05, 4.69) is 35.5 Å². The molecule has 0 aliphatic rings. The van der Waals surface area contributed by atoms with Crippen LogP contribution in [-0.2, 0) is 12.7 Å². The number of nitrogens with zero attached hydrogens (tertiary/aromatic N) is 8. The second-order valence-electron chi connectivity index (χ2n) is 6.67. The summed E-state index contributed by atoms with van der Waals surface area (Å²) in [6.07, 6.45) is 2.77. The predicted molar refractivity (Wildman–Crippen MR) is 106 cm³/mol. The Morgan fingerprint density at radius 1 is 1.18 bits per heavy atom. The molecule has 0 saturated carbocycles. The molecule has 0 amide bonds. The van der Waals surface area contributed by atoms with Crippen LogP contribution < -0.4 is 15.1 Å². The summed E-state index contributed by atoms with van der Waals surface area (Å²) in [6, 6.07) is 5.20. The second-order valence-corrected chi connectivity index (χ2v) is 6.67. The van der Waals surface area contributed by atoms with E-state index in [1.807, 2.05) is 6.07 Å². The third-order valence-corrected chi connectivity index (χ3v) is 4.31. The Labute approximate surface area is 188 Å². The van der Waals surface area contributed by atoms with Crippen molar-refractivity contribution in [2.24, 2.45) is 4.99 Å². The molecule has 34 heavy (non-hydrogen) atoms. The zero-order chi connectivity index (χ0) is 24.1. The van der Waals surface area contributed by atoms with Crippen LogP contribution in [0.25, 0.3) is 11.1 Å². The first-order valence-electron chi connectivity index (χ1n) is 9.38. The smallest absolute Gasteiger partial charge is 0.417 e. The van der Waals surface area contributed by atoms with Crippen LogP contribution in [0.5, 0.6) is 0 Å². The lowest BCUT2D eigenvalue weighted by Crippen LogP contribution is -2.35. The lowest BCUT2D eigenvalue weighted by atomic mass is 10.1. The first kappa shape index (κ1) is 22.3. The summed E-state index contributed by atoms with van der Waals surface area (Å²) >= 11 is 0. The highest BCUT2D eigenvalue weighted by Gasteiger charge is 2.31. The number of aliphatic imine (C=N–C) groups is 1. The Hall–Kier alpha value is -4.93. The Bertz CT molecular complexity index is 1380. The van der Waals surface area contributed by atoms with Gasteiger partial charge in [-0.25, -0.2) is 15.0 Å². The van der Waals surface area contributed by atoms with E-state index in [1.54, 1.807) is 18.3 Å². The number of alkyl halides is 3. The number of anilines is 1. The molecule has 1 N–H and O–H groups in total. The molecule has 0 atom stereocenters. The molecule has 0 radical (unpaired) electrons. The Kier molecular flexibility index (Phi) is 6.08. The van der Waals surface area contributed by atoms with Gasteiger partial charge in [0, 0.05) is 29.7 Å². The molecule has 14 heteroatoms. The van der Waals surface area contributed by atoms with Crippen molar-refractivity contribution >= 4 is 17.6 Å². The highest BCUT2D eigenvalue weighted by Crippen LogP contribution is 2.29. The minimum absolute atomic E-state index is 0.172. The van der Waals surface area contributed by atoms with Crippen LogP contribution in [0.4, 0.5) is 24.7 Å². The summed E-state index contributed by atoms with van der Waals surface area (Å²) in [5, 5.41) is 27.1. The van der Waals surface area contributed by atoms with Crippen molar-refractivity contribution < 1.29 is 27.5 Å². The van der Waals surface area contributed by atoms with Crippen LogP contribution in [-0.4, -0.2) is 31.2 Å². The molecule has 0 unspecified atom stereocenters. The Balaban J connectivity index is 1.43. The summed E-state index contributed by atoms with van der Waals surface area (Å²) in [7, 11) is 0. The summed E-state index contributed by atoms with van der Waals surface area (Å²) in [4.78, 5) is 19.2. The molecule has 4 aromatic heterocycles. The Morgan fingerprint density at radius 3 is 2.76 bits per heavy atom. The molecule has 4 aromatic rings. The molecule has 170 valence electrons. The summed E-state index contributed by atoms with van der Waals surface area (Å²) in [5.41, 5.74) is 0.821. The number of nitrogens with one attached hydrogen (secondary N) is 1. The number of rotatable bonds is 5. The topological polar surface area (TPSA) is 153 Å². The van der Waals surface area contributed by atoms with Gasteiger partial charge in [0.25, 0.3) is 6.20 Å². The monoisotopic (exact) mass is 467 g/mol. The van der Waals surface area contributed by atoms with Gasteiger partial charge >= 0.3 is 12.1 Å². The van der Waals surface area contributed by atoms with E-state index in [0.717, 1.165) is 12.3 Å². The van der Waals surface area contributed by atoms with Gasteiger partial charge in [-0.3, -0.25) is 14.5 Å². The van der Waals surface area contributed by atoms with Crippen molar-refractivity contribution in [1.82, 2.24) is 25.2 Å². The van der Waals surface area contributed by atoms with E-state index in [-0.39, 0.29) is 23.8 Å². The fourth-order valence-corrected chi connectivity index (χ4v) is 2.78. The van der Waals surface area contributed by atoms with Gasteiger partial charge in [-0.2, -0.15) is 18.4 Å². The molecular weight excluding hydrogens is 455 g/mol. The van der Waals surface area contributed by atoms with E-state index < -0.39 is 17.8 Å². The number of hydrogen-bond acceptors (Lipinski definition) is 9. The van der Waals surface area contributed by atoms with E-state index in [9.17, 15) is 18.3 Å². The fourth-order valence-electron chi connectivity index (χ4n) is 2.78. The van der Waals surface area contributed by atoms with Gasteiger partial charge in [-0.05, 0) is 16.8 Å². The number of hydrogen-bond donors (Lipinski definition) is 1. The van der Waals surface area contributed by atoms with Gasteiger partial charge in [0.05, 0.1) is 23.5 Å².